The van der Waals surface area contributed by atoms with Crippen LogP contribution in [0.25, 0.3) is 0 Å². The normalized spacial score (nSPS) is 12.8. The highest BCUT2D eigenvalue weighted by atomic mass is 28.4. The van der Waals surface area contributed by atoms with Gasteiger partial charge in [0.1, 0.15) is 17.3 Å². The maximum Gasteiger partial charge on any atom is 0.454 e. The van der Waals surface area contributed by atoms with Crippen molar-refractivity contribution < 1.29 is 13.2 Å². The van der Waals surface area contributed by atoms with Crippen molar-refractivity contribution in [3.8, 4) is 11.5 Å². The summed E-state index contributed by atoms with van der Waals surface area (Å²) in [6.45, 7) is 19.4. The maximum absolute atomic E-state index is 13.2. The Balaban J connectivity index is 2.50. The Hall–Kier alpha value is -1.81. The minimum atomic E-state index is -2.56. The third-order valence-electron chi connectivity index (χ3n) is 4.37. The Morgan fingerprint density at radius 1 is 0.778 bits per heavy atom. The molecule has 27 heavy (non-hydrogen) atoms. The molecule has 0 aromatic heterocycles. The fourth-order valence-electron chi connectivity index (χ4n) is 3.05. The molecular weight excluding hydrogens is 355 g/mol. The number of hydrogen-bond acceptors (Lipinski definition) is 2. The predicted molar refractivity (Wildman–Crippen MR) is 114 cm³/mol. The molecule has 4 heteroatoms. The summed E-state index contributed by atoms with van der Waals surface area (Å²) in [6, 6.07) is 10.6. The lowest BCUT2D eigenvalue weighted by molar-refractivity contribution is 0.381. The topological polar surface area (TPSA) is 18.5 Å². The zero-order valence-electron chi connectivity index (χ0n) is 18.2. The third-order valence-corrected chi connectivity index (χ3v) is 5.80. The smallest absolute Gasteiger partial charge is 0.454 e. The third kappa shape index (κ3) is 5.58. The number of aryl methyl sites for hydroxylation is 1. The van der Waals surface area contributed by atoms with Crippen LogP contribution >= 0.6 is 0 Å². The van der Waals surface area contributed by atoms with Gasteiger partial charge in [0.25, 0.3) is 0 Å². The van der Waals surface area contributed by atoms with E-state index in [1.165, 1.54) is 28.8 Å². The van der Waals surface area contributed by atoms with Crippen molar-refractivity contribution in [3.63, 3.8) is 0 Å². The van der Waals surface area contributed by atoms with E-state index in [9.17, 15) is 4.39 Å². The molecule has 2 aromatic carbocycles. The van der Waals surface area contributed by atoms with Gasteiger partial charge >= 0.3 is 8.56 Å². The first kappa shape index (κ1) is 21.5. The van der Waals surface area contributed by atoms with Gasteiger partial charge in [-0.25, -0.2) is 4.39 Å². The van der Waals surface area contributed by atoms with Crippen molar-refractivity contribution in [1.29, 1.82) is 0 Å². The molecule has 0 spiro atoms. The van der Waals surface area contributed by atoms with Gasteiger partial charge < -0.3 is 8.85 Å². The van der Waals surface area contributed by atoms with Gasteiger partial charge in [-0.2, -0.15) is 0 Å². The Bertz CT molecular complexity index is 762. The van der Waals surface area contributed by atoms with Crippen LogP contribution in [0.4, 0.5) is 4.39 Å². The van der Waals surface area contributed by atoms with Gasteiger partial charge in [-0.15, -0.1) is 0 Å². The first-order valence-corrected chi connectivity index (χ1v) is 12.3. The van der Waals surface area contributed by atoms with Gasteiger partial charge in [0.2, 0.25) is 0 Å². The monoisotopic (exact) mass is 388 g/mol. The molecule has 0 bridgehead atoms. The summed E-state index contributed by atoms with van der Waals surface area (Å²) >= 11 is 0. The van der Waals surface area contributed by atoms with E-state index < -0.39 is 8.56 Å². The molecule has 0 N–H and O–H groups in total. The van der Waals surface area contributed by atoms with Gasteiger partial charge in [-0.1, -0.05) is 59.2 Å². The quantitative estimate of drug-likeness (QED) is 0.531. The summed E-state index contributed by atoms with van der Waals surface area (Å²) in [4.78, 5) is 0. The molecular formula is C23H33FO2Si. The molecule has 0 atom stereocenters. The summed E-state index contributed by atoms with van der Waals surface area (Å²) in [7, 11) is -2.56. The summed E-state index contributed by atoms with van der Waals surface area (Å²) < 4.78 is 26.0. The van der Waals surface area contributed by atoms with E-state index >= 15 is 0 Å². The molecule has 2 aromatic rings. The summed E-state index contributed by atoms with van der Waals surface area (Å²) in [6.07, 6.45) is 0. The van der Waals surface area contributed by atoms with Crippen LogP contribution < -0.4 is 8.85 Å². The van der Waals surface area contributed by atoms with Crippen molar-refractivity contribution in [1.82, 2.24) is 0 Å². The van der Waals surface area contributed by atoms with E-state index in [0.717, 1.165) is 5.75 Å². The second-order valence-corrected chi connectivity index (χ2v) is 13.0. The van der Waals surface area contributed by atoms with Gasteiger partial charge in [-0.3, -0.25) is 0 Å². The Morgan fingerprint density at radius 2 is 1.22 bits per heavy atom. The summed E-state index contributed by atoms with van der Waals surface area (Å²) in [5.74, 6) is 1.29. The van der Waals surface area contributed by atoms with E-state index in [1.54, 1.807) is 12.1 Å². The SMILES string of the molecule is Cc1cc(C(C)(C)C)c(O[Si](C)(C)Oc2ccc(F)cc2)c(C(C)(C)C)c1. The standard InChI is InChI=1S/C23H33FO2Si/c1-16-14-19(22(2,3)4)21(20(15-16)23(5,6)7)26-27(8,9)25-18-12-10-17(24)11-13-18/h10-15H,1-9H3. The molecule has 2 nitrogen and oxygen atoms in total. The molecule has 0 radical (unpaired) electrons. The summed E-state index contributed by atoms with van der Waals surface area (Å²) in [5.41, 5.74) is 3.51. The van der Waals surface area contributed by atoms with Gasteiger partial charge in [-0.05, 0) is 53.1 Å². The molecule has 0 unspecified atom stereocenters. The molecule has 0 saturated carbocycles. The fraction of sp³-hybridized carbons (Fsp3) is 0.478. The largest absolute Gasteiger partial charge is 0.512 e. The van der Waals surface area contributed by atoms with Crippen LogP contribution in [0.3, 0.4) is 0 Å². The van der Waals surface area contributed by atoms with Crippen molar-refractivity contribution in [2.24, 2.45) is 0 Å². The van der Waals surface area contributed by atoms with E-state index in [0.29, 0.717) is 5.75 Å². The second-order valence-electron chi connectivity index (χ2n) is 9.75. The first-order chi connectivity index (χ1) is 12.2. The number of benzene rings is 2. The number of rotatable bonds is 4. The molecule has 0 fully saturated rings. The van der Waals surface area contributed by atoms with E-state index in [2.05, 4.69) is 60.6 Å². The van der Waals surface area contributed by atoms with E-state index in [-0.39, 0.29) is 16.6 Å². The average Bonchev–Trinajstić information content (AvgIpc) is 2.48. The highest BCUT2D eigenvalue weighted by Gasteiger charge is 2.35. The van der Waals surface area contributed by atoms with Crippen LogP contribution in [0.1, 0.15) is 58.2 Å². The van der Waals surface area contributed by atoms with Crippen molar-refractivity contribution in [3.05, 3.63) is 58.9 Å². The minimum absolute atomic E-state index is 0.0539. The van der Waals surface area contributed by atoms with Crippen molar-refractivity contribution >= 4 is 8.56 Å². The molecule has 0 aliphatic carbocycles. The molecule has 0 saturated heterocycles. The zero-order valence-corrected chi connectivity index (χ0v) is 19.2. The zero-order chi connectivity index (χ0) is 20.6. The molecule has 0 aliphatic rings. The first-order valence-electron chi connectivity index (χ1n) is 9.48. The number of hydrogen-bond donors (Lipinski definition) is 0. The van der Waals surface area contributed by atoms with Crippen LogP contribution in [0.5, 0.6) is 11.5 Å². The maximum atomic E-state index is 13.2. The van der Waals surface area contributed by atoms with Crippen LogP contribution in [-0.4, -0.2) is 8.56 Å². The lowest BCUT2D eigenvalue weighted by Crippen LogP contribution is -2.43. The van der Waals surface area contributed by atoms with E-state index in [4.69, 9.17) is 8.85 Å². The highest BCUT2D eigenvalue weighted by Crippen LogP contribution is 2.41. The van der Waals surface area contributed by atoms with Gasteiger partial charge in [0.15, 0.2) is 0 Å². The predicted octanol–water partition coefficient (Wildman–Crippen LogP) is 6.89. The Kier molecular flexibility index (Phi) is 5.81. The van der Waals surface area contributed by atoms with Gasteiger partial charge in [0, 0.05) is 13.1 Å². The second kappa shape index (κ2) is 7.31. The molecule has 148 valence electrons. The Morgan fingerprint density at radius 3 is 1.63 bits per heavy atom. The van der Waals surface area contributed by atoms with Gasteiger partial charge in [0.05, 0.1) is 0 Å². The average molecular weight is 389 g/mol. The van der Waals surface area contributed by atoms with Crippen molar-refractivity contribution in [2.75, 3.05) is 0 Å². The molecule has 0 amide bonds. The molecule has 0 aliphatic heterocycles. The molecule has 0 heterocycles. The Labute approximate surface area is 165 Å². The van der Waals surface area contributed by atoms with Crippen LogP contribution in [-0.2, 0) is 10.8 Å². The summed E-state index contributed by atoms with van der Waals surface area (Å²) in [5, 5.41) is 0. The van der Waals surface area contributed by atoms with E-state index in [1.807, 2.05) is 13.1 Å². The fourth-order valence-corrected chi connectivity index (χ4v) is 4.51. The van der Waals surface area contributed by atoms with Crippen molar-refractivity contribution in [2.45, 2.75) is 72.4 Å². The molecule has 2 rings (SSSR count). The minimum Gasteiger partial charge on any atom is -0.512 e. The van der Waals surface area contributed by atoms with Crippen LogP contribution in [0, 0.1) is 12.7 Å². The van der Waals surface area contributed by atoms with Crippen LogP contribution in [0.15, 0.2) is 36.4 Å². The highest BCUT2D eigenvalue weighted by molar-refractivity contribution is 6.66. The lowest BCUT2D eigenvalue weighted by atomic mass is 9.78. The number of halogens is 1. The van der Waals surface area contributed by atoms with Crippen LogP contribution in [0.2, 0.25) is 13.1 Å². The lowest BCUT2D eigenvalue weighted by Gasteiger charge is -2.34.